The Morgan fingerprint density at radius 2 is 2.10 bits per heavy atom. The molecule has 0 unspecified atom stereocenters. The van der Waals surface area contributed by atoms with Crippen molar-refractivity contribution in [2.24, 2.45) is 5.41 Å². The zero-order chi connectivity index (χ0) is 14.9. The Kier molecular flexibility index (Phi) is 4.18. The van der Waals surface area contributed by atoms with Crippen LogP contribution in [0.1, 0.15) is 24.8 Å². The minimum Gasteiger partial charge on any atom is -0.342 e. The number of carbonyl (C=O) groups is 1. The average molecular weight is 311 g/mol. The summed E-state index contributed by atoms with van der Waals surface area (Å²) in [6, 6.07) is 4.55. The predicted octanol–water partition coefficient (Wildman–Crippen LogP) is 2.62. The van der Waals surface area contributed by atoms with E-state index in [9.17, 15) is 9.18 Å². The molecule has 0 aliphatic carbocycles. The fraction of sp³-hybridized carbons (Fsp3) is 0.562. The molecule has 2 aliphatic rings. The molecule has 2 heterocycles. The molecule has 1 amide bonds. The molecule has 0 radical (unpaired) electrons. The van der Waals surface area contributed by atoms with Crippen molar-refractivity contribution in [3.8, 4) is 0 Å². The molecule has 1 aromatic rings. The van der Waals surface area contributed by atoms with E-state index >= 15 is 0 Å². The number of benzene rings is 1. The van der Waals surface area contributed by atoms with Gasteiger partial charge in [0.15, 0.2) is 0 Å². The number of carbonyl (C=O) groups excluding carboxylic acids is 1. The van der Waals surface area contributed by atoms with Crippen molar-refractivity contribution in [3.05, 3.63) is 34.6 Å². The van der Waals surface area contributed by atoms with Crippen LogP contribution < -0.4 is 5.32 Å². The van der Waals surface area contributed by atoms with Gasteiger partial charge in [-0.2, -0.15) is 0 Å². The van der Waals surface area contributed by atoms with E-state index in [0.29, 0.717) is 10.6 Å². The summed E-state index contributed by atoms with van der Waals surface area (Å²) in [5, 5.41) is 3.70. The van der Waals surface area contributed by atoms with E-state index in [1.165, 1.54) is 6.07 Å². The third-order valence-electron chi connectivity index (χ3n) is 4.84. The summed E-state index contributed by atoms with van der Waals surface area (Å²) in [6.07, 6.45) is 3.36. The van der Waals surface area contributed by atoms with Gasteiger partial charge in [-0.25, -0.2) is 4.39 Å². The van der Waals surface area contributed by atoms with Crippen LogP contribution in [0.2, 0.25) is 5.02 Å². The predicted molar refractivity (Wildman–Crippen MR) is 80.8 cm³/mol. The molecule has 0 saturated carbocycles. The minimum absolute atomic E-state index is 0.0163. The van der Waals surface area contributed by atoms with Gasteiger partial charge in [0.1, 0.15) is 5.82 Å². The number of nitrogens with one attached hydrogen (secondary N) is 1. The van der Waals surface area contributed by atoms with Gasteiger partial charge in [0.25, 0.3) is 0 Å². The van der Waals surface area contributed by atoms with E-state index in [-0.39, 0.29) is 17.7 Å². The molecule has 3 nitrogen and oxygen atoms in total. The van der Waals surface area contributed by atoms with Crippen LogP contribution >= 0.6 is 11.6 Å². The molecule has 114 valence electrons. The van der Waals surface area contributed by atoms with Crippen molar-refractivity contribution in [1.82, 2.24) is 10.2 Å². The quantitative estimate of drug-likeness (QED) is 0.911. The number of nitrogens with zero attached hydrogens (tertiary/aromatic N) is 1. The van der Waals surface area contributed by atoms with Crippen LogP contribution in [0, 0.1) is 11.2 Å². The van der Waals surface area contributed by atoms with Crippen molar-refractivity contribution >= 4 is 17.5 Å². The lowest BCUT2D eigenvalue weighted by Gasteiger charge is -2.33. The molecular weight excluding hydrogens is 291 g/mol. The lowest BCUT2D eigenvalue weighted by molar-refractivity contribution is -0.130. The lowest BCUT2D eigenvalue weighted by Crippen LogP contribution is -2.40. The highest BCUT2D eigenvalue weighted by molar-refractivity contribution is 6.31. The highest BCUT2D eigenvalue weighted by atomic mass is 35.5. The first kappa shape index (κ1) is 14.8. The van der Waals surface area contributed by atoms with Crippen LogP contribution in [0.25, 0.3) is 0 Å². The number of amides is 1. The maximum atomic E-state index is 13.8. The van der Waals surface area contributed by atoms with Gasteiger partial charge in [0.05, 0.1) is 6.42 Å². The second-order valence-corrected chi connectivity index (χ2v) is 6.60. The molecule has 3 rings (SSSR count). The van der Waals surface area contributed by atoms with Crippen LogP contribution in [0.15, 0.2) is 18.2 Å². The van der Waals surface area contributed by atoms with Gasteiger partial charge < -0.3 is 10.2 Å². The minimum atomic E-state index is -0.397. The molecule has 0 atom stereocenters. The van der Waals surface area contributed by atoms with E-state index in [2.05, 4.69) is 5.32 Å². The van der Waals surface area contributed by atoms with Crippen molar-refractivity contribution in [2.75, 3.05) is 26.2 Å². The fourth-order valence-corrected chi connectivity index (χ4v) is 3.71. The summed E-state index contributed by atoms with van der Waals surface area (Å²) in [4.78, 5) is 14.3. The highest BCUT2D eigenvalue weighted by Gasteiger charge is 2.40. The van der Waals surface area contributed by atoms with E-state index in [1.807, 2.05) is 4.90 Å². The molecule has 1 aromatic carbocycles. The van der Waals surface area contributed by atoms with Crippen molar-refractivity contribution in [1.29, 1.82) is 0 Å². The van der Waals surface area contributed by atoms with Gasteiger partial charge in [-0.1, -0.05) is 17.7 Å². The third-order valence-corrected chi connectivity index (χ3v) is 5.20. The molecule has 0 bridgehead atoms. The Morgan fingerprint density at radius 3 is 2.81 bits per heavy atom. The Bertz CT molecular complexity index is 523. The van der Waals surface area contributed by atoms with Gasteiger partial charge in [-0.3, -0.25) is 4.79 Å². The first-order valence-corrected chi connectivity index (χ1v) is 7.89. The average Bonchev–Trinajstić information content (AvgIpc) is 2.87. The van der Waals surface area contributed by atoms with Crippen LogP contribution in [-0.4, -0.2) is 37.0 Å². The molecule has 1 spiro atoms. The van der Waals surface area contributed by atoms with Crippen LogP contribution in [0.5, 0.6) is 0 Å². The first-order chi connectivity index (χ1) is 10.1. The van der Waals surface area contributed by atoms with Crippen molar-refractivity contribution in [2.45, 2.75) is 25.7 Å². The monoisotopic (exact) mass is 310 g/mol. The first-order valence-electron chi connectivity index (χ1n) is 7.51. The molecule has 2 aliphatic heterocycles. The summed E-state index contributed by atoms with van der Waals surface area (Å²) in [7, 11) is 0. The second-order valence-electron chi connectivity index (χ2n) is 6.19. The molecular formula is C16H20ClFN2O. The Hall–Kier alpha value is -1.13. The molecule has 0 aromatic heterocycles. The van der Waals surface area contributed by atoms with Crippen molar-refractivity contribution < 1.29 is 9.18 Å². The molecule has 1 N–H and O–H groups in total. The smallest absolute Gasteiger partial charge is 0.227 e. The van der Waals surface area contributed by atoms with Crippen LogP contribution in [0.3, 0.4) is 0 Å². The van der Waals surface area contributed by atoms with E-state index < -0.39 is 5.82 Å². The lowest BCUT2D eigenvalue weighted by atomic mass is 9.78. The molecule has 2 saturated heterocycles. The number of halogens is 2. The van der Waals surface area contributed by atoms with Crippen LogP contribution in [0.4, 0.5) is 4.39 Å². The SMILES string of the molecule is O=C(Cc1c(F)cccc1Cl)N1CCC2(CCNCC2)C1. The van der Waals surface area contributed by atoms with Gasteiger partial charge >= 0.3 is 0 Å². The number of rotatable bonds is 2. The molecule has 21 heavy (non-hydrogen) atoms. The Morgan fingerprint density at radius 1 is 1.33 bits per heavy atom. The topological polar surface area (TPSA) is 32.3 Å². The summed E-state index contributed by atoms with van der Waals surface area (Å²) in [5.74, 6) is -0.413. The summed E-state index contributed by atoms with van der Waals surface area (Å²) < 4.78 is 13.8. The number of hydrogen-bond acceptors (Lipinski definition) is 2. The van der Waals surface area contributed by atoms with Gasteiger partial charge in [-0.05, 0) is 49.9 Å². The van der Waals surface area contributed by atoms with Gasteiger partial charge in [-0.15, -0.1) is 0 Å². The maximum absolute atomic E-state index is 13.8. The summed E-state index contributed by atoms with van der Waals surface area (Å²) in [6.45, 7) is 3.65. The number of hydrogen-bond donors (Lipinski definition) is 1. The van der Waals surface area contributed by atoms with Gasteiger partial charge in [0.2, 0.25) is 5.91 Å². The third kappa shape index (κ3) is 3.06. The highest BCUT2D eigenvalue weighted by Crippen LogP contribution is 2.38. The number of likely N-dealkylation sites (tertiary alicyclic amines) is 1. The second kappa shape index (κ2) is 5.93. The van der Waals surface area contributed by atoms with E-state index in [1.54, 1.807) is 12.1 Å². The number of piperidine rings is 1. The van der Waals surface area contributed by atoms with Gasteiger partial charge in [0, 0.05) is 23.7 Å². The van der Waals surface area contributed by atoms with Crippen LogP contribution in [-0.2, 0) is 11.2 Å². The standard InChI is InChI=1S/C16H20ClFN2O/c17-13-2-1-3-14(18)12(13)10-15(21)20-9-6-16(11-20)4-7-19-8-5-16/h1-3,19H,4-11H2. The molecule has 2 fully saturated rings. The zero-order valence-electron chi connectivity index (χ0n) is 12.0. The Balaban J connectivity index is 1.67. The summed E-state index contributed by atoms with van der Waals surface area (Å²) >= 11 is 6.00. The fourth-order valence-electron chi connectivity index (χ4n) is 3.48. The zero-order valence-corrected chi connectivity index (χ0v) is 12.8. The largest absolute Gasteiger partial charge is 0.342 e. The maximum Gasteiger partial charge on any atom is 0.227 e. The Labute approximate surface area is 129 Å². The van der Waals surface area contributed by atoms with Crippen molar-refractivity contribution in [3.63, 3.8) is 0 Å². The normalized spacial score (nSPS) is 21.0. The van der Waals surface area contributed by atoms with E-state index in [0.717, 1.165) is 45.4 Å². The summed E-state index contributed by atoms with van der Waals surface area (Å²) in [5.41, 5.74) is 0.593. The molecule has 5 heteroatoms. The van der Waals surface area contributed by atoms with E-state index in [4.69, 9.17) is 11.6 Å².